The molecule has 14 heterocycles. The van der Waals surface area contributed by atoms with Crippen LogP contribution in [0.4, 0.5) is 0 Å². The molecule has 0 atom stereocenters. The fourth-order valence-corrected chi connectivity index (χ4v) is 9.27. The number of nitrogens with zero attached hydrogens (tertiary/aromatic N) is 20. The number of aromatic amines is 5. The van der Waals surface area contributed by atoms with E-state index in [1.807, 2.05) is 72.3 Å². The summed E-state index contributed by atoms with van der Waals surface area (Å²) in [6.07, 6.45) is 33.1. The summed E-state index contributed by atoms with van der Waals surface area (Å²) in [6, 6.07) is 3.78. The predicted molar refractivity (Wildman–Crippen MR) is 507 cm³/mol. The Bertz CT molecular complexity index is 3720. The second kappa shape index (κ2) is 50.0. The van der Waals surface area contributed by atoms with Crippen LogP contribution in [0.2, 0.25) is 0 Å². The Labute approximate surface area is 756 Å². The van der Waals surface area contributed by atoms with E-state index in [1.165, 1.54) is 42.5 Å². The lowest BCUT2D eigenvalue weighted by Gasteiger charge is -2.16. The van der Waals surface area contributed by atoms with Crippen molar-refractivity contribution in [1.82, 2.24) is 117 Å². The number of hydrogen-bond acceptors (Lipinski definition) is 27. The fourth-order valence-electron chi connectivity index (χ4n) is 8.63. The maximum Gasteiger partial charge on any atom is 0.221 e. The van der Waals surface area contributed by atoms with Gasteiger partial charge in [-0.2, -0.15) is 25.7 Å². The van der Waals surface area contributed by atoms with E-state index in [-0.39, 0.29) is 70.4 Å². The lowest BCUT2D eigenvalue weighted by molar-refractivity contribution is 0.329. The lowest BCUT2D eigenvalue weighted by Crippen LogP contribution is -2.16. The monoisotopic (exact) mass is 1760 g/mol. The number of hydrogen-bond donors (Lipinski definition) is 5. The van der Waals surface area contributed by atoms with Crippen LogP contribution in [0.1, 0.15) is 359 Å². The molecule has 0 unspecified atom stereocenters. The minimum Gasteiger partial charge on any atom is -0.451 e. The van der Waals surface area contributed by atoms with Crippen LogP contribution in [0.15, 0.2) is 172 Å². The summed E-state index contributed by atoms with van der Waals surface area (Å²) in [5.41, 5.74) is 10.3. The molecule has 32 heteroatoms. The standard InChI is InChI=1S/2C8H13N.2C7H12N2.5C7H11NO.2C6H11N3.C6H10N2O.C6H10N2S.C5H10N4/c1-8(2,3)7-4-5-9-6-7;1-8(2,3)7-5-4-6-9-7;1-7(2,3)6-4-8-5-9-6;1-7(2,3)6-8-4-5-9-6;1-7(2,3)6-4-9-5-8-6;1-7(2,3)6-4-8-5-9-6;1-7(2,3)6-8-4-5-9-6;1-7(2,3)6-4-5-9-8-6;1-7(2,3)6-4-5-8-9-6;1-6(2,3)5-7-4-8-9-5;1-6(2,3)5-4-7-9-8-5;2*1-6(2,3)5-8-7-4-9-5;1-5(2,3)4-6-8-9-7-4/h4,6H,5H2,1-3H3;4-5H,6H2,1-3H3;2*4-5H,1-3H3,(H,8,9);5*4-5H,1-3H3;2*4H,1-3H3,(H,7,8,9);2*4H,1-3H3;1-3H3,(H,6,7,8,9). The Kier molecular flexibility index (Phi) is 45.0. The first-order valence-electron chi connectivity index (χ1n) is 42.4. The molecular formula is C94H157N25O6S. The molecule has 14 rings (SSSR count). The van der Waals surface area contributed by atoms with Gasteiger partial charge in [0.1, 0.15) is 58.8 Å². The molecule has 0 spiro atoms. The predicted octanol–water partition coefficient (Wildman–Crippen LogP) is 23.3. The largest absolute Gasteiger partial charge is 0.451 e. The zero-order valence-electron chi connectivity index (χ0n) is 84.4. The lowest BCUT2D eigenvalue weighted by atomic mass is 9.88. The van der Waals surface area contributed by atoms with Crippen molar-refractivity contribution in [1.29, 1.82) is 0 Å². The molecule has 31 nitrogen and oxygen atoms in total. The van der Waals surface area contributed by atoms with Crippen molar-refractivity contribution in [3.05, 3.63) is 204 Å². The zero-order valence-corrected chi connectivity index (χ0v) is 85.2. The number of rotatable bonds is 0. The molecule has 0 saturated carbocycles. The molecule has 12 aromatic heterocycles. The van der Waals surface area contributed by atoms with E-state index >= 15 is 0 Å². The van der Waals surface area contributed by atoms with E-state index in [0.717, 1.165) is 70.1 Å². The third-order valence-corrected chi connectivity index (χ3v) is 17.7. The molecule has 2 aliphatic heterocycles. The number of oxazole rings is 3. The second-order valence-electron chi connectivity index (χ2n) is 43.9. The third kappa shape index (κ3) is 48.7. The van der Waals surface area contributed by atoms with Gasteiger partial charge >= 0.3 is 0 Å². The minimum atomic E-state index is -0.0174. The summed E-state index contributed by atoms with van der Waals surface area (Å²) in [6.45, 7) is 90.3. The number of H-pyrrole nitrogens is 5. The Morgan fingerprint density at radius 3 is 1.28 bits per heavy atom. The van der Waals surface area contributed by atoms with Gasteiger partial charge in [-0.15, -0.1) is 41.9 Å². The number of aliphatic imine (C=N–C) groups is 2. The van der Waals surface area contributed by atoms with E-state index in [2.05, 4.69) is 394 Å². The SMILES string of the molecule is CC(C)(C)C1=CCN=C1.CC(C)(C)C1=NCC=C1.CC(C)(C)c1ccno1.CC(C)(C)c1ccon1.CC(C)(C)c1cn[nH]n1.CC(C)(C)c1cnc[nH]1.CC(C)(C)c1cnco1.CC(C)(C)c1cocn1.CC(C)(C)c1ncc[nH]1.CC(C)(C)c1ncco1.CC(C)(C)c1ncn[nH]1.CC(C)(C)c1nn[nH]n1.CC(C)(C)c1nnco1.CC(C)(C)c1nncs1. The maximum absolute atomic E-state index is 5.09. The average Bonchev–Trinajstić information content (AvgIpc) is 1.87. The molecule has 12 aromatic rings. The Morgan fingerprint density at radius 1 is 0.429 bits per heavy atom. The van der Waals surface area contributed by atoms with Gasteiger partial charge in [0.05, 0.1) is 61.3 Å². The minimum absolute atomic E-state index is 0.00694. The van der Waals surface area contributed by atoms with Crippen molar-refractivity contribution in [3.8, 4) is 0 Å². The summed E-state index contributed by atoms with van der Waals surface area (Å²) in [5.74, 6) is 6.07. The van der Waals surface area contributed by atoms with Gasteiger partial charge in [-0.1, -0.05) is 318 Å². The van der Waals surface area contributed by atoms with Gasteiger partial charge in [0, 0.05) is 119 Å². The normalized spacial score (nSPS) is 12.8. The molecule has 700 valence electrons. The van der Waals surface area contributed by atoms with Crippen molar-refractivity contribution >= 4 is 23.3 Å². The summed E-state index contributed by atoms with van der Waals surface area (Å²) >= 11 is 1.61. The van der Waals surface area contributed by atoms with Crippen LogP contribution in [-0.2, 0) is 65.0 Å². The number of tetrazole rings is 1. The molecule has 0 radical (unpaired) electrons. The highest BCUT2D eigenvalue weighted by molar-refractivity contribution is 7.09. The molecule has 0 aromatic carbocycles. The van der Waals surface area contributed by atoms with Gasteiger partial charge in [-0.3, -0.25) is 15.1 Å². The third-order valence-electron chi connectivity index (χ3n) is 16.6. The summed E-state index contributed by atoms with van der Waals surface area (Å²) in [5, 5.41) is 53.9. The molecule has 0 amide bonds. The average molecular weight is 1770 g/mol. The van der Waals surface area contributed by atoms with Crippen LogP contribution in [0.5, 0.6) is 0 Å². The summed E-state index contributed by atoms with van der Waals surface area (Å²) < 4.78 is 29.6. The summed E-state index contributed by atoms with van der Waals surface area (Å²) in [7, 11) is 0. The molecule has 0 bridgehead atoms. The van der Waals surface area contributed by atoms with Crippen LogP contribution in [0, 0.1) is 10.8 Å². The number of nitrogens with one attached hydrogen (secondary N) is 5. The number of allylic oxidation sites excluding steroid dienone is 2. The number of imidazole rings is 2. The van der Waals surface area contributed by atoms with E-state index in [9.17, 15) is 0 Å². The first kappa shape index (κ1) is 113. The first-order valence-corrected chi connectivity index (χ1v) is 43.2. The zero-order chi connectivity index (χ0) is 96.7. The van der Waals surface area contributed by atoms with Crippen molar-refractivity contribution < 1.29 is 26.7 Å². The van der Waals surface area contributed by atoms with Gasteiger partial charge in [0.2, 0.25) is 12.3 Å². The highest BCUT2D eigenvalue weighted by Gasteiger charge is 2.25. The first-order chi connectivity index (χ1) is 57.5. The molecule has 0 saturated heterocycles. The van der Waals surface area contributed by atoms with Crippen molar-refractivity contribution in [3.63, 3.8) is 0 Å². The van der Waals surface area contributed by atoms with Crippen molar-refractivity contribution in [2.24, 2.45) is 20.8 Å². The molecular weight excluding hydrogens is 1610 g/mol. The van der Waals surface area contributed by atoms with Gasteiger partial charge in [-0.05, 0) is 17.1 Å². The van der Waals surface area contributed by atoms with Gasteiger partial charge < -0.3 is 36.7 Å². The van der Waals surface area contributed by atoms with Crippen LogP contribution >= 0.6 is 11.3 Å². The van der Waals surface area contributed by atoms with Crippen LogP contribution in [0.3, 0.4) is 0 Å². The number of aromatic nitrogens is 23. The topological polar surface area (TPSA) is 415 Å². The van der Waals surface area contributed by atoms with Crippen LogP contribution in [0.25, 0.3) is 0 Å². The van der Waals surface area contributed by atoms with E-state index in [1.54, 1.807) is 72.9 Å². The molecule has 0 fully saturated rings. The Hall–Kier alpha value is -10.7. The smallest absolute Gasteiger partial charge is 0.221 e. The van der Waals surface area contributed by atoms with Crippen molar-refractivity contribution in [2.75, 3.05) is 13.1 Å². The fraction of sp³-hybridized carbons (Fsp3) is 0.617. The van der Waals surface area contributed by atoms with Crippen molar-refractivity contribution in [2.45, 2.75) is 356 Å². The van der Waals surface area contributed by atoms with Gasteiger partial charge in [0.15, 0.2) is 24.5 Å². The molecule has 5 N–H and O–H groups in total. The van der Waals surface area contributed by atoms with E-state index < -0.39 is 0 Å². The second-order valence-corrected chi connectivity index (χ2v) is 44.8. The highest BCUT2D eigenvalue weighted by atomic mass is 32.1. The van der Waals surface area contributed by atoms with E-state index in [4.69, 9.17) is 26.7 Å². The maximum atomic E-state index is 5.09. The van der Waals surface area contributed by atoms with Gasteiger partial charge in [0.25, 0.3) is 0 Å². The van der Waals surface area contributed by atoms with Crippen LogP contribution in [-0.4, -0.2) is 142 Å². The Morgan fingerprint density at radius 2 is 1.06 bits per heavy atom. The molecule has 126 heavy (non-hydrogen) atoms. The van der Waals surface area contributed by atoms with Crippen LogP contribution < -0.4 is 0 Å². The quantitative estimate of drug-likeness (QED) is 0.0941. The molecule has 2 aliphatic rings. The van der Waals surface area contributed by atoms with Gasteiger partial charge in [-0.25, -0.2) is 29.9 Å². The summed E-state index contributed by atoms with van der Waals surface area (Å²) in [4.78, 5) is 38.5. The Balaban J connectivity index is 0.000000678. The molecule has 0 aliphatic carbocycles. The highest BCUT2D eigenvalue weighted by Crippen LogP contribution is 2.29. The van der Waals surface area contributed by atoms with E-state index in [0.29, 0.717) is 11.3 Å².